The molecule has 0 saturated carbocycles. The molecule has 1 aromatic carbocycles. The molecule has 0 radical (unpaired) electrons. The fourth-order valence-electron chi connectivity index (χ4n) is 2.57. The highest BCUT2D eigenvalue weighted by Crippen LogP contribution is 2.20. The summed E-state index contributed by atoms with van der Waals surface area (Å²) in [5.41, 5.74) is 1.11. The quantitative estimate of drug-likeness (QED) is 0.791. The van der Waals surface area contributed by atoms with Crippen molar-refractivity contribution >= 4 is 23.2 Å². The van der Waals surface area contributed by atoms with E-state index in [0.29, 0.717) is 31.3 Å². The molecule has 7 heteroatoms. The second kappa shape index (κ2) is 6.50. The monoisotopic (exact) mass is 337 g/mol. The molecule has 1 aliphatic rings. The Hall–Kier alpha value is -2.21. The summed E-state index contributed by atoms with van der Waals surface area (Å²) >= 11 is 5.88. The molecule has 0 bridgehead atoms. The fraction of sp³-hybridized carbons (Fsp3) is 0.250. The van der Waals surface area contributed by atoms with E-state index in [4.69, 9.17) is 11.6 Å². The molecule has 0 unspecified atom stereocenters. The average molecular weight is 338 g/mol. The average Bonchev–Trinajstić information content (AvgIpc) is 2.57. The van der Waals surface area contributed by atoms with Crippen LogP contribution in [0, 0.1) is 11.6 Å². The third-order valence-electron chi connectivity index (χ3n) is 3.81. The maximum Gasteiger partial charge on any atom is 0.254 e. The van der Waals surface area contributed by atoms with E-state index >= 15 is 0 Å². The number of pyridine rings is 1. The number of nitrogens with zero attached hydrogens (tertiary/aromatic N) is 3. The maximum atomic E-state index is 13.3. The molecule has 1 fully saturated rings. The SMILES string of the molecule is O=C(c1ccc(F)c(F)c1)N1CCN(c2ccnc(Cl)c2)CC1. The van der Waals surface area contributed by atoms with Gasteiger partial charge in [0, 0.05) is 43.6 Å². The van der Waals surface area contributed by atoms with E-state index in [0.717, 1.165) is 17.8 Å². The Kier molecular flexibility index (Phi) is 4.43. The van der Waals surface area contributed by atoms with Crippen LogP contribution >= 0.6 is 11.6 Å². The third-order valence-corrected chi connectivity index (χ3v) is 4.02. The van der Waals surface area contributed by atoms with Crippen LogP contribution in [-0.4, -0.2) is 42.0 Å². The molecule has 2 heterocycles. The van der Waals surface area contributed by atoms with Gasteiger partial charge in [-0.15, -0.1) is 0 Å². The van der Waals surface area contributed by atoms with Gasteiger partial charge < -0.3 is 9.80 Å². The first-order chi connectivity index (χ1) is 11.0. The van der Waals surface area contributed by atoms with E-state index in [1.165, 1.54) is 6.07 Å². The van der Waals surface area contributed by atoms with Gasteiger partial charge in [0.1, 0.15) is 5.15 Å². The van der Waals surface area contributed by atoms with Gasteiger partial charge in [0.2, 0.25) is 0 Å². The topological polar surface area (TPSA) is 36.4 Å². The first-order valence-electron chi connectivity index (χ1n) is 7.15. The standard InChI is InChI=1S/C16H14ClF2N3O/c17-15-10-12(3-4-20-15)21-5-7-22(8-6-21)16(23)11-1-2-13(18)14(19)9-11/h1-4,9-10H,5-8H2. The number of hydrogen-bond donors (Lipinski definition) is 0. The third kappa shape index (κ3) is 3.42. The van der Waals surface area contributed by atoms with E-state index < -0.39 is 11.6 Å². The number of amides is 1. The molecule has 1 saturated heterocycles. The summed E-state index contributed by atoms with van der Waals surface area (Å²) < 4.78 is 26.2. The maximum absolute atomic E-state index is 13.3. The summed E-state index contributed by atoms with van der Waals surface area (Å²) in [5.74, 6) is -2.27. The Morgan fingerprint density at radius 1 is 1.04 bits per heavy atom. The van der Waals surface area contributed by atoms with Crippen LogP contribution in [0.5, 0.6) is 0 Å². The van der Waals surface area contributed by atoms with Crippen LogP contribution in [0.4, 0.5) is 14.5 Å². The van der Waals surface area contributed by atoms with Crippen molar-refractivity contribution in [1.82, 2.24) is 9.88 Å². The lowest BCUT2D eigenvalue weighted by molar-refractivity contribution is 0.0746. The molecule has 2 aromatic rings. The second-order valence-corrected chi connectivity index (χ2v) is 5.63. The molecule has 1 aromatic heterocycles. The highest BCUT2D eigenvalue weighted by molar-refractivity contribution is 6.29. The van der Waals surface area contributed by atoms with Gasteiger partial charge in [-0.3, -0.25) is 4.79 Å². The zero-order valence-corrected chi connectivity index (χ0v) is 12.9. The lowest BCUT2D eigenvalue weighted by atomic mass is 10.1. The zero-order valence-electron chi connectivity index (χ0n) is 12.2. The summed E-state index contributed by atoms with van der Waals surface area (Å²) in [6.07, 6.45) is 1.64. The lowest BCUT2D eigenvalue weighted by Crippen LogP contribution is -2.48. The molecule has 0 aliphatic carbocycles. The number of rotatable bonds is 2. The van der Waals surface area contributed by atoms with Gasteiger partial charge in [-0.05, 0) is 30.3 Å². The van der Waals surface area contributed by atoms with Crippen LogP contribution in [0.15, 0.2) is 36.5 Å². The largest absolute Gasteiger partial charge is 0.368 e. The summed E-state index contributed by atoms with van der Waals surface area (Å²) in [6, 6.07) is 6.84. The van der Waals surface area contributed by atoms with Gasteiger partial charge in [-0.1, -0.05) is 11.6 Å². The molecule has 0 N–H and O–H groups in total. The Morgan fingerprint density at radius 2 is 1.78 bits per heavy atom. The Morgan fingerprint density at radius 3 is 2.43 bits per heavy atom. The molecule has 4 nitrogen and oxygen atoms in total. The van der Waals surface area contributed by atoms with Gasteiger partial charge in [0.05, 0.1) is 0 Å². The first kappa shape index (κ1) is 15.7. The van der Waals surface area contributed by atoms with Gasteiger partial charge >= 0.3 is 0 Å². The van der Waals surface area contributed by atoms with Crippen LogP contribution < -0.4 is 4.90 Å². The molecule has 120 valence electrons. The number of piperazine rings is 1. The van der Waals surface area contributed by atoms with E-state index in [2.05, 4.69) is 9.88 Å². The molecule has 0 spiro atoms. The van der Waals surface area contributed by atoms with Gasteiger partial charge in [-0.2, -0.15) is 0 Å². The summed E-state index contributed by atoms with van der Waals surface area (Å²) in [7, 11) is 0. The van der Waals surface area contributed by atoms with Crippen LogP contribution in [0.1, 0.15) is 10.4 Å². The fourth-order valence-corrected chi connectivity index (χ4v) is 2.74. The Labute approximate surface area is 137 Å². The van der Waals surface area contributed by atoms with Crippen molar-refractivity contribution < 1.29 is 13.6 Å². The summed E-state index contributed by atoms with van der Waals surface area (Å²) in [5, 5.41) is 0.419. The van der Waals surface area contributed by atoms with E-state index in [1.807, 2.05) is 6.07 Å². The highest BCUT2D eigenvalue weighted by Gasteiger charge is 2.23. The summed E-state index contributed by atoms with van der Waals surface area (Å²) in [6.45, 7) is 2.26. The molecule has 1 amide bonds. The van der Waals surface area contributed by atoms with E-state index in [1.54, 1.807) is 17.2 Å². The number of halogens is 3. The number of aromatic nitrogens is 1. The van der Waals surface area contributed by atoms with Crippen molar-refractivity contribution in [3.05, 3.63) is 58.9 Å². The van der Waals surface area contributed by atoms with Crippen LogP contribution in [0.25, 0.3) is 0 Å². The number of carbonyl (C=O) groups is 1. The molecule has 0 atom stereocenters. The van der Waals surface area contributed by atoms with E-state index in [-0.39, 0.29) is 11.5 Å². The van der Waals surface area contributed by atoms with Gasteiger partial charge in [-0.25, -0.2) is 13.8 Å². The highest BCUT2D eigenvalue weighted by atomic mass is 35.5. The minimum atomic E-state index is -1.01. The predicted molar refractivity (Wildman–Crippen MR) is 83.7 cm³/mol. The minimum absolute atomic E-state index is 0.157. The Bertz CT molecular complexity index is 733. The van der Waals surface area contributed by atoms with Gasteiger partial charge in [0.25, 0.3) is 5.91 Å². The normalized spacial score (nSPS) is 14.9. The number of hydrogen-bond acceptors (Lipinski definition) is 3. The number of carbonyl (C=O) groups excluding carboxylic acids is 1. The lowest BCUT2D eigenvalue weighted by Gasteiger charge is -2.36. The predicted octanol–water partition coefficient (Wildman–Crippen LogP) is 2.98. The Balaban J connectivity index is 1.66. The number of anilines is 1. The van der Waals surface area contributed by atoms with Crippen molar-refractivity contribution in [2.75, 3.05) is 31.1 Å². The number of benzene rings is 1. The summed E-state index contributed by atoms with van der Waals surface area (Å²) in [4.78, 5) is 20.0. The van der Waals surface area contributed by atoms with Crippen molar-refractivity contribution in [3.8, 4) is 0 Å². The molecule has 23 heavy (non-hydrogen) atoms. The van der Waals surface area contributed by atoms with Crippen molar-refractivity contribution in [1.29, 1.82) is 0 Å². The van der Waals surface area contributed by atoms with Gasteiger partial charge in [0.15, 0.2) is 11.6 Å². The van der Waals surface area contributed by atoms with Crippen molar-refractivity contribution in [2.45, 2.75) is 0 Å². The zero-order chi connectivity index (χ0) is 16.4. The molecular formula is C16H14ClF2N3O. The van der Waals surface area contributed by atoms with Crippen LogP contribution in [0.3, 0.4) is 0 Å². The van der Waals surface area contributed by atoms with Crippen molar-refractivity contribution in [3.63, 3.8) is 0 Å². The van der Waals surface area contributed by atoms with Crippen LogP contribution in [-0.2, 0) is 0 Å². The minimum Gasteiger partial charge on any atom is -0.368 e. The molecular weight excluding hydrogens is 324 g/mol. The van der Waals surface area contributed by atoms with Crippen LogP contribution in [0.2, 0.25) is 5.15 Å². The second-order valence-electron chi connectivity index (χ2n) is 5.24. The smallest absolute Gasteiger partial charge is 0.254 e. The molecule has 1 aliphatic heterocycles. The van der Waals surface area contributed by atoms with E-state index in [9.17, 15) is 13.6 Å². The molecule has 3 rings (SSSR count). The first-order valence-corrected chi connectivity index (χ1v) is 7.53. The van der Waals surface area contributed by atoms with Crippen molar-refractivity contribution in [2.24, 2.45) is 0 Å².